The number of benzene rings is 2. The van der Waals surface area contributed by atoms with Gasteiger partial charge in [-0.2, -0.15) is 4.31 Å². The van der Waals surface area contributed by atoms with Crippen molar-refractivity contribution in [2.24, 2.45) is 0 Å². The van der Waals surface area contributed by atoms with Crippen molar-refractivity contribution in [1.29, 1.82) is 0 Å². The maximum absolute atomic E-state index is 13.1. The molecule has 2 aromatic rings. The normalized spacial score (nSPS) is 19.2. The van der Waals surface area contributed by atoms with Crippen LogP contribution < -0.4 is 0 Å². The molecule has 1 saturated heterocycles. The average molecular weight is 348 g/mol. The Bertz CT molecular complexity index is 813. The van der Waals surface area contributed by atoms with Gasteiger partial charge in [-0.3, -0.25) is 0 Å². The summed E-state index contributed by atoms with van der Waals surface area (Å²) in [4.78, 5) is 0.419. The van der Waals surface area contributed by atoms with E-state index in [-0.39, 0.29) is 5.37 Å². The molecule has 1 unspecified atom stereocenters. The van der Waals surface area contributed by atoms with Gasteiger partial charge in [0.15, 0.2) is 0 Å². The van der Waals surface area contributed by atoms with E-state index < -0.39 is 10.0 Å². The quantitative estimate of drug-likeness (QED) is 0.841. The summed E-state index contributed by atoms with van der Waals surface area (Å²) >= 11 is 1.69. The zero-order valence-electron chi connectivity index (χ0n) is 13.6. The first kappa shape index (κ1) is 16.6. The molecule has 1 aliphatic rings. The van der Waals surface area contributed by atoms with Crippen LogP contribution in [0.15, 0.2) is 47.4 Å². The molecule has 0 amide bonds. The van der Waals surface area contributed by atoms with Crippen molar-refractivity contribution in [2.45, 2.75) is 31.0 Å². The highest BCUT2D eigenvalue weighted by atomic mass is 32.2. The fourth-order valence-corrected chi connectivity index (χ4v) is 6.36. The highest BCUT2D eigenvalue weighted by Gasteiger charge is 2.37. The third-order valence-corrected chi connectivity index (χ3v) is 7.55. The SMILES string of the molecule is Cc1ccc(C2SCCN2S(=O)(=O)c2ccc(C)cc2C)cc1. The maximum Gasteiger partial charge on any atom is 0.244 e. The Kier molecular flexibility index (Phi) is 4.54. The summed E-state index contributed by atoms with van der Waals surface area (Å²) in [5.41, 5.74) is 4.11. The summed E-state index contributed by atoms with van der Waals surface area (Å²) in [5.74, 6) is 0.822. The van der Waals surface area contributed by atoms with Gasteiger partial charge in [0, 0.05) is 12.3 Å². The van der Waals surface area contributed by atoms with Crippen LogP contribution in [0.3, 0.4) is 0 Å². The topological polar surface area (TPSA) is 37.4 Å². The summed E-state index contributed by atoms with van der Waals surface area (Å²) in [5, 5.41) is -0.138. The fourth-order valence-electron chi connectivity index (χ4n) is 2.91. The fraction of sp³-hybridized carbons (Fsp3) is 0.333. The maximum atomic E-state index is 13.1. The molecule has 3 rings (SSSR count). The molecular formula is C18H21NO2S2. The summed E-state index contributed by atoms with van der Waals surface area (Å²) in [6, 6.07) is 13.7. The summed E-state index contributed by atoms with van der Waals surface area (Å²) < 4.78 is 27.9. The van der Waals surface area contributed by atoms with Crippen molar-refractivity contribution in [3.8, 4) is 0 Å². The lowest BCUT2D eigenvalue weighted by atomic mass is 10.1. The molecule has 3 nitrogen and oxygen atoms in total. The second-order valence-corrected chi connectivity index (χ2v) is 9.07. The predicted molar refractivity (Wildman–Crippen MR) is 96.2 cm³/mol. The lowest BCUT2D eigenvalue weighted by Crippen LogP contribution is -2.31. The van der Waals surface area contributed by atoms with Crippen LogP contribution in [0.4, 0.5) is 0 Å². The molecule has 122 valence electrons. The van der Waals surface area contributed by atoms with Crippen molar-refractivity contribution < 1.29 is 8.42 Å². The predicted octanol–water partition coefficient (Wildman–Crippen LogP) is 4.05. The van der Waals surface area contributed by atoms with Crippen LogP contribution in [0.5, 0.6) is 0 Å². The van der Waals surface area contributed by atoms with E-state index in [0.29, 0.717) is 11.4 Å². The van der Waals surface area contributed by atoms with Gasteiger partial charge in [0.05, 0.1) is 10.3 Å². The summed E-state index contributed by atoms with van der Waals surface area (Å²) in [7, 11) is -3.48. The molecule has 5 heteroatoms. The van der Waals surface area contributed by atoms with Gasteiger partial charge >= 0.3 is 0 Å². The summed E-state index contributed by atoms with van der Waals surface area (Å²) in [6.07, 6.45) is 0. The smallest absolute Gasteiger partial charge is 0.207 e. The van der Waals surface area contributed by atoms with Gasteiger partial charge < -0.3 is 0 Å². The number of hydrogen-bond acceptors (Lipinski definition) is 3. The Hall–Kier alpha value is -1.30. The Labute approximate surface area is 142 Å². The molecular weight excluding hydrogens is 326 g/mol. The first-order valence-corrected chi connectivity index (χ1v) is 10.2. The minimum Gasteiger partial charge on any atom is -0.207 e. The molecule has 0 aromatic heterocycles. The molecule has 23 heavy (non-hydrogen) atoms. The molecule has 1 atom stereocenters. The van der Waals surface area contributed by atoms with Crippen molar-refractivity contribution >= 4 is 21.8 Å². The van der Waals surface area contributed by atoms with Crippen LogP contribution in [0.25, 0.3) is 0 Å². The Balaban J connectivity index is 1.99. The van der Waals surface area contributed by atoms with Gasteiger partial charge in [-0.05, 0) is 38.0 Å². The van der Waals surface area contributed by atoms with Gasteiger partial charge in [0.25, 0.3) is 0 Å². The van der Waals surface area contributed by atoms with E-state index in [1.54, 1.807) is 22.1 Å². The lowest BCUT2D eigenvalue weighted by Gasteiger charge is -2.24. The molecule has 0 N–H and O–H groups in total. The number of aryl methyl sites for hydroxylation is 3. The largest absolute Gasteiger partial charge is 0.244 e. The molecule has 1 fully saturated rings. The van der Waals surface area contributed by atoms with Crippen LogP contribution in [0, 0.1) is 20.8 Å². The van der Waals surface area contributed by atoms with E-state index in [9.17, 15) is 8.42 Å². The molecule has 0 spiro atoms. The van der Waals surface area contributed by atoms with Crippen LogP contribution in [0.2, 0.25) is 0 Å². The van der Waals surface area contributed by atoms with Gasteiger partial charge in [-0.1, -0.05) is 47.5 Å². The van der Waals surface area contributed by atoms with Gasteiger partial charge in [-0.25, -0.2) is 8.42 Å². The number of thioether (sulfide) groups is 1. The number of nitrogens with zero attached hydrogens (tertiary/aromatic N) is 1. The van der Waals surface area contributed by atoms with Crippen LogP contribution >= 0.6 is 11.8 Å². The molecule has 2 aromatic carbocycles. The molecule has 1 aliphatic heterocycles. The molecule has 1 heterocycles. The van der Waals surface area contributed by atoms with E-state index >= 15 is 0 Å². The van der Waals surface area contributed by atoms with Gasteiger partial charge in [0.1, 0.15) is 0 Å². The second kappa shape index (κ2) is 6.30. The zero-order valence-corrected chi connectivity index (χ0v) is 15.2. The van der Waals surface area contributed by atoms with E-state index in [1.807, 2.05) is 57.2 Å². The first-order valence-electron chi connectivity index (χ1n) is 7.67. The van der Waals surface area contributed by atoms with E-state index in [1.165, 1.54) is 5.56 Å². The highest BCUT2D eigenvalue weighted by Crippen LogP contribution is 2.41. The van der Waals surface area contributed by atoms with Gasteiger partial charge in [0.2, 0.25) is 10.0 Å². The van der Waals surface area contributed by atoms with Gasteiger partial charge in [-0.15, -0.1) is 11.8 Å². The van der Waals surface area contributed by atoms with E-state index in [4.69, 9.17) is 0 Å². The van der Waals surface area contributed by atoms with E-state index in [2.05, 4.69) is 0 Å². The lowest BCUT2D eigenvalue weighted by molar-refractivity contribution is 0.434. The number of hydrogen-bond donors (Lipinski definition) is 0. The van der Waals surface area contributed by atoms with Crippen molar-refractivity contribution in [3.05, 3.63) is 64.7 Å². The molecule has 0 saturated carbocycles. The molecule has 0 aliphatic carbocycles. The van der Waals surface area contributed by atoms with Crippen molar-refractivity contribution in [2.75, 3.05) is 12.3 Å². The second-order valence-electron chi connectivity index (χ2n) is 6.02. The third-order valence-electron chi connectivity index (χ3n) is 4.13. The number of sulfonamides is 1. The Morgan fingerprint density at radius 3 is 2.30 bits per heavy atom. The first-order chi connectivity index (χ1) is 10.9. The van der Waals surface area contributed by atoms with Crippen LogP contribution in [-0.4, -0.2) is 25.0 Å². The third kappa shape index (κ3) is 3.18. The Morgan fingerprint density at radius 1 is 1.00 bits per heavy atom. The minimum absolute atomic E-state index is 0.138. The standard InChI is InChI=1S/C18H21NO2S2/c1-13-4-7-16(8-5-13)18-19(10-11-22-18)23(20,21)17-9-6-14(2)12-15(17)3/h4-9,12,18H,10-11H2,1-3H3. The minimum atomic E-state index is -3.48. The van der Waals surface area contributed by atoms with E-state index in [0.717, 1.165) is 22.4 Å². The summed E-state index contributed by atoms with van der Waals surface area (Å²) in [6.45, 7) is 6.43. The monoisotopic (exact) mass is 347 g/mol. The van der Waals surface area contributed by atoms with Crippen molar-refractivity contribution in [1.82, 2.24) is 4.31 Å². The van der Waals surface area contributed by atoms with Crippen molar-refractivity contribution in [3.63, 3.8) is 0 Å². The van der Waals surface area contributed by atoms with Crippen LogP contribution in [-0.2, 0) is 10.0 Å². The highest BCUT2D eigenvalue weighted by molar-refractivity contribution is 8.01. The van der Waals surface area contributed by atoms with Crippen LogP contribution in [0.1, 0.15) is 27.6 Å². The zero-order chi connectivity index (χ0) is 16.6. The molecule has 0 bridgehead atoms. The number of rotatable bonds is 3. The Morgan fingerprint density at radius 2 is 1.65 bits per heavy atom. The average Bonchev–Trinajstić information content (AvgIpc) is 2.98. The molecule has 0 radical (unpaired) electrons.